The van der Waals surface area contributed by atoms with Crippen molar-refractivity contribution in [2.45, 2.75) is 102 Å². The highest BCUT2D eigenvalue weighted by Crippen LogP contribution is 2.59. The summed E-state index contributed by atoms with van der Waals surface area (Å²) in [6.07, 6.45) is 1.91. The number of nitrogens with one attached hydrogen (secondary N) is 2. The Bertz CT molecular complexity index is 1890. The Morgan fingerprint density at radius 3 is 2.43 bits per heavy atom. The van der Waals surface area contributed by atoms with Crippen molar-refractivity contribution in [3.8, 4) is 11.7 Å². The Morgan fingerprint density at radius 1 is 1.08 bits per heavy atom. The number of carbonyl (C=O) groups excluding carboxylic acids is 2. The van der Waals surface area contributed by atoms with E-state index in [-0.39, 0.29) is 64.9 Å². The van der Waals surface area contributed by atoms with E-state index in [9.17, 15) is 31.2 Å². The van der Waals surface area contributed by atoms with Gasteiger partial charge in [-0.2, -0.15) is 21.6 Å². The van der Waals surface area contributed by atoms with E-state index in [0.29, 0.717) is 24.7 Å². The second kappa shape index (κ2) is 15.3. The third kappa shape index (κ3) is 10.1. The van der Waals surface area contributed by atoms with E-state index in [2.05, 4.69) is 34.2 Å². The standard InChI is InChI=1S/C35H45ClF3N7O6S/c1-32(2,3)52-31(48)45-22-23(20-33(45,4)5)8-6-7-17-40-24-9-12-28(41-21-24)53(49,50)44-30(47)25-10-11-26(42-29(25)36)46-18-13-27(43-46)51-19-16-34(14-15-34)35(37,38)39/h9-13,18,21,23,40H,6-8,14-17,19-20,22H2,1-5H3,(H,44,47). The van der Waals surface area contributed by atoms with Gasteiger partial charge in [-0.25, -0.2) is 24.2 Å². The molecule has 1 unspecified atom stereocenters. The van der Waals surface area contributed by atoms with Gasteiger partial charge in [0.15, 0.2) is 10.8 Å². The molecule has 2 N–H and O–H groups in total. The van der Waals surface area contributed by atoms with Gasteiger partial charge in [0.1, 0.15) is 10.8 Å². The zero-order chi connectivity index (χ0) is 38.8. The van der Waals surface area contributed by atoms with Crippen LogP contribution >= 0.6 is 11.6 Å². The molecule has 290 valence electrons. The predicted molar refractivity (Wildman–Crippen MR) is 191 cm³/mol. The van der Waals surface area contributed by atoms with Crippen molar-refractivity contribution in [2.75, 3.05) is 25.0 Å². The number of amides is 2. The van der Waals surface area contributed by atoms with E-state index >= 15 is 0 Å². The third-order valence-electron chi connectivity index (χ3n) is 9.34. The molecule has 5 rings (SSSR count). The first-order valence-electron chi connectivity index (χ1n) is 17.4. The number of rotatable bonds is 14. The molecule has 3 aromatic heterocycles. The molecule has 13 nitrogen and oxygen atoms in total. The molecule has 3 aromatic rings. The largest absolute Gasteiger partial charge is 0.477 e. The first-order chi connectivity index (χ1) is 24.7. The van der Waals surface area contributed by atoms with Crippen molar-refractivity contribution in [1.82, 2.24) is 29.4 Å². The predicted octanol–water partition coefficient (Wildman–Crippen LogP) is 7.16. The third-order valence-corrected chi connectivity index (χ3v) is 10.9. The van der Waals surface area contributed by atoms with Crippen LogP contribution in [-0.2, 0) is 14.8 Å². The van der Waals surface area contributed by atoms with Gasteiger partial charge >= 0.3 is 12.3 Å². The Hall–Kier alpha value is -4.12. The van der Waals surface area contributed by atoms with E-state index < -0.39 is 33.1 Å². The number of anilines is 1. The zero-order valence-corrected chi connectivity index (χ0v) is 31.9. The molecule has 2 fully saturated rings. The van der Waals surface area contributed by atoms with Crippen LogP contribution in [0.15, 0.2) is 47.8 Å². The minimum atomic E-state index is -4.36. The number of ether oxygens (including phenoxy) is 2. The first kappa shape index (κ1) is 40.1. The van der Waals surface area contributed by atoms with Crippen molar-refractivity contribution >= 4 is 39.3 Å². The second-order valence-electron chi connectivity index (χ2n) is 15.2. The summed E-state index contributed by atoms with van der Waals surface area (Å²) < 4.78 is 79.5. The molecule has 18 heteroatoms. The fourth-order valence-electron chi connectivity index (χ4n) is 6.29. The topological polar surface area (TPSA) is 158 Å². The number of unbranched alkanes of at least 4 members (excludes halogenated alkanes) is 1. The van der Waals surface area contributed by atoms with Gasteiger partial charge in [-0.15, -0.1) is 5.10 Å². The molecule has 0 spiro atoms. The number of carbonyl (C=O) groups is 2. The molecule has 1 saturated carbocycles. The van der Waals surface area contributed by atoms with Gasteiger partial charge in [-0.05, 0) is 103 Å². The number of hydrogen-bond acceptors (Lipinski definition) is 10. The molecular formula is C35H45ClF3N7O6S. The Balaban J connectivity index is 1.06. The van der Waals surface area contributed by atoms with Crippen LogP contribution in [0.3, 0.4) is 0 Å². The molecule has 53 heavy (non-hydrogen) atoms. The molecule has 1 atom stereocenters. The minimum Gasteiger partial charge on any atom is -0.477 e. The fraction of sp³-hybridized carbons (Fsp3) is 0.571. The number of nitrogens with zero attached hydrogens (tertiary/aromatic N) is 5. The number of halogens is 4. The number of alkyl halides is 3. The number of aromatic nitrogens is 4. The summed E-state index contributed by atoms with van der Waals surface area (Å²) in [4.78, 5) is 35.5. The van der Waals surface area contributed by atoms with Crippen LogP contribution in [-0.4, -0.2) is 82.1 Å². The lowest BCUT2D eigenvalue weighted by Crippen LogP contribution is -2.45. The van der Waals surface area contributed by atoms with Crippen LogP contribution in [0.5, 0.6) is 5.88 Å². The van der Waals surface area contributed by atoms with Gasteiger partial charge in [0.05, 0.1) is 29.5 Å². The highest BCUT2D eigenvalue weighted by Gasteiger charge is 2.62. The number of likely N-dealkylation sites (tertiary alicyclic amines) is 1. The first-order valence-corrected chi connectivity index (χ1v) is 19.2. The van der Waals surface area contributed by atoms with Crippen LogP contribution in [0.2, 0.25) is 5.15 Å². The summed E-state index contributed by atoms with van der Waals surface area (Å²) in [7, 11) is -4.36. The Kier molecular flexibility index (Phi) is 11.6. The summed E-state index contributed by atoms with van der Waals surface area (Å²) in [6.45, 7) is 10.8. The average molecular weight is 784 g/mol. The quantitative estimate of drug-likeness (QED) is 0.127. The van der Waals surface area contributed by atoms with Crippen LogP contribution < -0.4 is 14.8 Å². The van der Waals surface area contributed by atoms with Crippen molar-refractivity contribution < 1.29 is 40.7 Å². The molecule has 0 aromatic carbocycles. The summed E-state index contributed by atoms with van der Waals surface area (Å²) in [5.74, 6) is -0.409. The molecular weight excluding hydrogens is 739 g/mol. The van der Waals surface area contributed by atoms with E-state index in [1.807, 2.05) is 30.4 Å². The van der Waals surface area contributed by atoms with Crippen LogP contribution in [0.25, 0.3) is 5.82 Å². The highest BCUT2D eigenvalue weighted by molar-refractivity contribution is 7.90. The van der Waals surface area contributed by atoms with E-state index in [0.717, 1.165) is 25.7 Å². The Labute approximate surface area is 312 Å². The number of hydrogen-bond donors (Lipinski definition) is 2. The van der Waals surface area contributed by atoms with Gasteiger partial charge in [-0.1, -0.05) is 18.0 Å². The van der Waals surface area contributed by atoms with Crippen LogP contribution in [0, 0.1) is 11.3 Å². The highest BCUT2D eigenvalue weighted by atomic mass is 35.5. The molecule has 0 radical (unpaired) electrons. The zero-order valence-electron chi connectivity index (χ0n) is 30.3. The van der Waals surface area contributed by atoms with Gasteiger partial charge in [-0.3, -0.25) is 4.79 Å². The van der Waals surface area contributed by atoms with Crippen molar-refractivity contribution in [3.63, 3.8) is 0 Å². The maximum atomic E-state index is 13.1. The summed E-state index contributed by atoms with van der Waals surface area (Å²) in [5, 5.41) is 6.68. The maximum Gasteiger partial charge on any atom is 0.410 e. The lowest BCUT2D eigenvalue weighted by molar-refractivity contribution is -0.190. The van der Waals surface area contributed by atoms with Gasteiger partial charge < -0.3 is 19.7 Å². The fourth-order valence-corrected chi connectivity index (χ4v) is 7.43. The van der Waals surface area contributed by atoms with E-state index in [1.54, 1.807) is 6.07 Å². The molecule has 4 heterocycles. The minimum absolute atomic E-state index is 0.0837. The SMILES string of the molecule is CC(C)(C)OC(=O)N1CC(CCCCNc2ccc(S(=O)(=O)NC(=O)c3ccc(-n4ccc(OCCC5(C(F)(F)F)CC5)n4)nc3Cl)nc2)CC1(C)C. The van der Waals surface area contributed by atoms with E-state index in [1.165, 1.54) is 41.3 Å². The number of sulfonamides is 1. The summed E-state index contributed by atoms with van der Waals surface area (Å²) in [6, 6.07) is 6.92. The van der Waals surface area contributed by atoms with Crippen LogP contribution in [0.4, 0.5) is 23.7 Å². The van der Waals surface area contributed by atoms with Gasteiger partial charge in [0.25, 0.3) is 15.9 Å². The molecule has 1 saturated heterocycles. The second-order valence-corrected chi connectivity index (χ2v) is 17.2. The van der Waals surface area contributed by atoms with Crippen molar-refractivity contribution in [3.05, 3.63) is 53.4 Å². The van der Waals surface area contributed by atoms with Gasteiger partial charge in [0.2, 0.25) is 5.88 Å². The molecule has 1 aliphatic carbocycles. The smallest absolute Gasteiger partial charge is 0.410 e. The van der Waals surface area contributed by atoms with Crippen molar-refractivity contribution in [2.24, 2.45) is 11.3 Å². The monoisotopic (exact) mass is 783 g/mol. The summed E-state index contributed by atoms with van der Waals surface area (Å²) in [5.41, 5.74) is -2.12. The van der Waals surface area contributed by atoms with Crippen molar-refractivity contribution in [1.29, 1.82) is 0 Å². The maximum absolute atomic E-state index is 13.1. The molecule has 0 bridgehead atoms. The van der Waals surface area contributed by atoms with Crippen LogP contribution in [0.1, 0.15) is 89.9 Å². The summed E-state index contributed by atoms with van der Waals surface area (Å²) >= 11 is 6.23. The Morgan fingerprint density at radius 2 is 1.81 bits per heavy atom. The molecule has 2 aliphatic rings. The molecule has 2 amide bonds. The lowest BCUT2D eigenvalue weighted by atomic mass is 9.93. The average Bonchev–Trinajstić information content (AvgIpc) is 3.59. The van der Waals surface area contributed by atoms with Gasteiger partial charge in [0, 0.05) is 30.9 Å². The molecule has 1 aliphatic heterocycles. The normalized spacial score (nSPS) is 18.1. The lowest BCUT2D eigenvalue weighted by Gasteiger charge is -2.33. The number of pyridine rings is 2. The van der Waals surface area contributed by atoms with E-state index in [4.69, 9.17) is 21.1 Å².